The lowest BCUT2D eigenvalue weighted by Crippen LogP contribution is -2.27. The van der Waals surface area contributed by atoms with E-state index in [0.717, 1.165) is 10.0 Å². The number of hydrogen-bond acceptors (Lipinski definition) is 8. The summed E-state index contributed by atoms with van der Waals surface area (Å²) in [6.45, 7) is 0.808. The van der Waals surface area contributed by atoms with Crippen molar-refractivity contribution in [3.05, 3.63) is 59.2 Å². The van der Waals surface area contributed by atoms with E-state index in [4.69, 9.17) is 4.52 Å². The number of hydrogen-bond donors (Lipinski definition) is 1. The van der Waals surface area contributed by atoms with Crippen LogP contribution >= 0.6 is 15.9 Å². The number of carbonyl (C=O) groups excluding carboxylic acids is 1. The Bertz CT molecular complexity index is 1100. The van der Waals surface area contributed by atoms with E-state index >= 15 is 0 Å². The van der Waals surface area contributed by atoms with Crippen LogP contribution in [-0.4, -0.2) is 47.6 Å². The topological polar surface area (TPSA) is 125 Å². The molecular formula is C17H13BrN8O2. The van der Waals surface area contributed by atoms with Crippen molar-refractivity contribution < 1.29 is 9.32 Å². The highest BCUT2D eigenvalue weighted by Gasteiger charge is 2.14. The molecule has 1 N–H and O–H groups in total. The minimum atomic E-state index is -0.216. The van der Waals surface area contributed by atoms with Gasteiger partial charge in [-0.15, -0.1) is 5.10 Å². The fourth-order valence-electron chi connectivity index (χ4n) is 2.37. The van der Waals surface area contributed by atoms with Gasteiger partial charge in [-0.1, -0.05) is 10.4 Å². The zero-order chi connectivity index (χ0) is 19.3. The quantitative estimate of drug-likeness (QED) is 0.482. The lowest BCUT2D eigenvalue weighted by atomic mass is 10.3. The predicted octanol–water partition coefficient (Wildman–Crippen LogP) is 1.98. The number of rotatable bonds is 6. The van der Waals surface area contributed by atoms with E-state index in [0.29, 0.717) is 30.2 Å². The molecule has 4 aromatic heterocycles. The monoisotopic (exact) mass is 440 g/mol. The molecule has 10 nitrogen and oxygen atoms in total. The summed E-state index contributed by atoms with van der Waals surface area (Å²) in [6, 6.07) is 5.33. The molecular weight excluding hydrogens is 428 g/mol. The number of amides is 1. The van der Waals surface area contributed by atoms with Crippen molar-refractivity contribution in [2.24, 2.45) is 0 Å². The number of carbonyl (C=O) groups is 1. The summed E-state index contributed by atoms with van der Waals surface area (Å²) in [6.07, 6.45) is 8.11. The molecule has 140 valence electrons. The van der Waals surface area contributed by atoms with Gasteiger partial charge in [0.1, 0.15) is 0 Å². The molecule has 4 aromatic rings. The van der Waals surface area contributed by atoms with Gasteiger partial charge in [-0.25, -0.2) is 4.68 Å². The van der Waals surface area contributed by atoms with Crippen LogP contribution in [0.1, 0.15) is 10.4 Å². The molecule has 0 saturated carbocycles. The van der Waals surface area contributed by atoms with Gasteiger partial charge >= 0.3 is 0 Å². The van der Waals surface area contributed by atoms with Crippen molar-refractivity contribution in [3.8, 4) is 23.0 Å². The highest BCUT2D eigenvalue weighted by atomic mass is 79.9. The van der Waals surface area contributed by atoms with E-state index in [2.05, 4.69) is 51.7 Å². The van der Waals surface area contributed by atoms with Gasteiger partial charge in [0.25, 0.3) is 11.8 Å². The third kappa shape index (κ3) is 4.09. The molecule has 0 atom stereocenters. The molecule has 0 spiro atoms. The van der Waals surface area contributed by atoms with Crippen molar-refractivity contribution in [2.45, 2.75) is 6.54 Å². The second-order valence-corrected chi connectivity index (χ2v) is 6.60. The smallest absolute Gasteiger partial charge is 0.280 e. The third-order valence-electron chi connectivity index (χ3n) is 3.70. The predicted molar refractivity (Wildman–Crippen MR) is 101 cm³/mol. The molecule has 0 unspecified atom stereocenters. The molecule has 4 rings (SSSR count). The molecule has 0 aromatic carbocycles. The summed E-state index contributed by atoms with van der Waals surface area (Å²) >= 11 is 3.29. The molecule has 28 heavy (non-hydrogen) atoms. The van der Waals surface area contributed by atoms with Gasteiger partial charge in [-0.05, 0) is 34.1 Å². The number of pyridine rings is 2. The second-order valence-electron chi connectivity index (χ2n) is 5.68. The largest absolute Gasteiger partial charge is 0.350 e. The molecule has 1 amide bonds. The van der Waals surface area contributed by atoms with Crippen LogP contribution in [0, 0.1) is 0 Å². The van der Waals surface area contributed by atoms with E-state index in [9.17, 15) is 4.79 Å². The molecule has 0 aliphatic carbocycles. The summed E-state index contributed by atoms with van der Waals surface area (Å²) < 4.78 is 7.57. The van der Waals surface area contributed by atoms with Crippen LogP contribution in [0.25, 0.3) is 23.0 Å². The molecule has 0 aliphatic rings. The van der Waals surface area contributed by atoms with Gasteiger partial charge in [-0.3, -0.25) is 14.8 Å². The average molecular weight is 441 g/mol. The van der Waals surface area contributed by atoms with Gasteiger partial charge in [-0.2, -0.15) is 4.98 Å². The van der Waals surface area contributed by atoms with E-state index in [1.807, 2.05) is 6.07 Å². The Morgan fingerprint density at radius 3 is 3.00 bits per heavy atom. The first kappa shape index (κ1) is 17.9. The lowest BCUT2D eigenvalue weighted by molar-refractivity contribution is 0.0951. The summed E-state index contributed by atoms with van der Waals surface area (Å²) in [5.74, 6) is 0.467. The highest BCUT2D eigenvalue weighted by Crippen LogP contribution is 2.19. The fourth-order valence-corrected chi connectivity index (χ4v) is 2.73. The minimum Gasteiger partial charge on any atom is -0.350 e. The normalized spacial score (nSPS) is 10.8. The first-order valence-electron chi connectivity index (χ1n) is 8.22. The van der Waals surface area contributed by atoms with Crippen molar-refractivity contribution in [2.75, 3.05) is 6.54 Å². The summed E-state index contributed by atoms with van der Waals surface area (Å²) in [5, 5.41) is 14.8. The number of nitrogens with one attached hydrogen (secondary N) is 1. The Morgan fingerprint density at radius 1 is 1.25 bits per heavy atom. The van der Waals surface area contributed by atoms with E-state index in [-0.39, 0.29) is 11.8 Å². The summed E-state index contributed by atoms with van der Waals surface area (Å²) in [5.41, 5.74) is 1.67. The Morgan fingerprint density at radius 2 is 2.18 bits per heavy atom. The van der Waals surface area contributed by atoms with Crippen LogP contribution in [0.4, 0.5) is 0 Å². The summed E-state index contributed by atoms with van der Waals surface area (Å²) in [7, 11) is 0. The van der Waals surface area contributed by atoms with Crippen LogP contribution in [0.3, 0.4) is 0 Å². The van der Waals surface area contributed by atoms with Crippen LogP contribution in [-0.2, 0) is 6.54 Å². The van der Waals surface area contributed by atoms with Crippen LogP contribution in [0.2, 0.25) is 0 Å². The molecule has 0 bridgehead atoms. The molecule has 0 aliphatic heterocycles. The van der Waals surface area contributed by atoms with Crippen LogP contribution in [0.15, 0.2) is 58.2 Å². The molecule has 11 heteroatoms. The van der Waals surface area contributed by atoms with E-state index in [1.54, 1.807) is 41.6 Å². The third-order valence-corrected chi connectivity index (χ3v) is 4.13. The Hall–Kier alpha value is -3.47. The van der Waals surface area contributed by atoms with Gasteiger partial charge < -0.3 is 9.84 Å². The van der Waals surface area contributed by atoms with Crippen molar-refractivity contribution in [3.63, 3.8) is 0 Å². The van der Waals surface area contributed by atoms with Crippen molar-refractivity contribution in [1.29, 1.82) is 0 Å². The Labute approximate surface area is 167 Å². The fraction of sp³-hybridized carbons (Fsp3) is 0.118. The maximum Gasteiger partial charge on any atom is 0.280 e. The zero-order valence-electron chi connectivity index (χ0n) is 14.4. The van der Waals surface area contributed by atoms with Crippen molar-refractivity contribution in [1.82, 2.24) is 40.4 Å². The van der Waals surface area contributed by atoms with E-state index in [1.165, 1.54) is 6.20 Å². The Balaban J connectivity index is 1.36. The lowest BCUT2D eigenvalue weighted by Gasteiger charge is -2.04. The van der Waals surface area contributed by atoms with Crippen LogP contribution in [0.5, 0.6) is 0 Å². The van der Waals surface area contributed by atoms with Gasteiger partial charge in [0.15, 0.2) is 5.69 Å². The number of halogens is 1. The van der Waals surface area contributed by atoms with Crippen molar-refractivity contribution >= 4 is 21.8 Å². The second kappa shape index (κ2) is 8.05. The SMILES string of the molecule is O=C(NCCn1cc(-c2nc(-c3cccnc3)no2)nn1)c1cncc(Br)c1. The number of aromatic nitrogens is 7. The molecule has 0 fully saturated rings. The Kier molecular flexibility index (Phi) is 5.15. The van der Waals surface area contributed by atoms with Gasteiger partial charge in [0, 0.05) is 41.4 Å². The van der Waals surface area contributed by atoms with Crippen LogP contribution < -0.4 is 5.32 Å². The molecule has 4 heterocycles. The number of nitrogens with zero attached hydrogens (tertiary/aromatic N) is 7. The maximum absolute atomic E-state index is 12.1. The molecule has 0 radical (unpaired) electrons. The standard InChI is InChI=1S/C17H13BrN8O2/c18-13-6-12(8-20-9-13)16(27)21-4-5-26-10-14(23-25-26)17-22-15(24-28-17)11-2-1-3-19-7-11/h1-3,6-10H,4-5H2,(H,21,27). The maximum atomic E-state index is 12.1. The van der Waals surface area contributed by atoms with Gasteiger partial charge in [0.2, 0.25) is 5.82 Å². The summed E-state index contributed by atoms with van der Waals surface area (Å²) in [4.78, 5) is 24.4. The van der Waals surface area contributed by atoms with E-state index < -0.39 is 0 Å². The highest BCUT2D eigenvalue weighted by molar-refractivity contribution is 9.10. The first-order chi connectivity index (χ1) is 13.7. The first-order valence-corrected chi connectivity index (χ1v) is 9.02. The average Bonchev–Trinajstić information content (AvgIpc) is 3.38. The zero-order valence-corrected chi connectivity index (χ0v) is 15.9. The van der Waals surface area contributed by atoms with Gasteiger partial charge in [0.05, 0.1) is 18.3 Å². The minimum absolute atomic E-state index is 0.216. The molecule has 0 saturated heterocycles.